The Hall–Kier alpha value is -1.11. The molecule has 1 aliphatic carbocycles. The van der Waals surface area contributed by atoms with E-state index < -0.39 is 0 Å². The Morgan fingerprint density at radius 1 is 1.67 bits per heavy atom. The maximum Gasteiger partial charge on any atom is 0.233 e. The van der Waals surface area contributed by atoms with Crippen LogP contribution in [0, 0.1) is 0 Å². The van der Waals surface area contributed by atoms with Gasteiger partial charge in [0.05, 0.1) is 5.25 Å². The minimum Gasteiger partial charge on any atom is -0.352 e. The van der Waals surface area contributed by atoms with Crippen LogP contribution in [0.2, 0.25) is 0 Å². The molecule has 2 rings (SSSR count). The summed E-state index contributed by atoms with van der Waals surface area (Å²) in [5.74, 6) is 0.0606. The lowest BCUT2D eigenvalue weighted by Gasteiger charge is -2.09. The van der Waals surface area contributed by atoms with Crippen LogP contribution in [0.15, 0.2) is 5.16 Å². The molecule has 1 aliphatic rings. The Balaban J connectivity index is 1.87. The SMILES string of the molecule is CC(Sc1nnnn1C)C(=O)NC1CC1. The molecular weight excluding hydrogens is 214 g/mol. The van der Waals surface area contributed by atoms with Crippen LogP contribution in [0.3, 0.4) is 0 Å². The average molecular weight is 227 g/mol. The molecule has 0 aromatic carbocycles. The molecule has 0 spiro atoms. The normalized spacial score (nSPS) is 17.5. The highest BCUT2D eigenvalue weighted by molar-refractivity contribution is 8.00. The number of carbonyl (C=O) groups excluding carboxylic acids is 1. The van der Waals surface area contributed by atoms with Crippen LogP contribution in [0.5, 0.6) is 0 Å². The minimum absolute atomic E-state index is 0.0606. The third kappa shape index (κ3) is 2.68. The maximum atomic E-state index is 11.6. The van der Waals surface area contributed by atoms with Gasteiger partial charge in [0, 0.05) is 13.1 Å². The highest BCUT2D eigenvalue weighted by Gasteiger charge is 2.26. The van der Waals surface area contributed by atoms with E-state index in [-0.39, 0.29) is 11.2 Å². The van der Waals surface area contributed by atoms with Crippen LogP contribution in [0.25, 0.3) is 0 Å². The van der Waals surface area contributed by atoms with Gasteiger partial charge in [-0.3, -0.25) is 4.79 Å². The minimum atomic E-state index is -0.157. The van der Waals surface area contributed by atoms with Crippen molar-refractivity contribution in [2.24, 2.45) is 7.05 Å². The number of nitrogens with one attached hydrogen (secondary N) is 1. The van der Waals surface area contributed by atoms with Crippen LogP contribution in [-0.2, 0) is 11.8 Å². The number of hydrogen-bond donors (Lipinski definition) is 1. The fourth-order valence-corrected chi connectivity index (χ4v) is 1.84. The Labute approximate surface area is 91.8 Å². The molecule has 6 nitrogen and oxygen atoms in total. The molecule has 15 heavy (non-hydrogen) atoms. The smallest absolute Gasteiger partial charge is 0.233 e. The monoisotopic (exact) mass is 227 g/mol. The molecule has 1 aromatic rings. The third-order valence-electron chi connectivity index (χ3n) is 2.16. The average Bonchev–Trinajstić information content (AvgIpc) is 2.92. The molecule has 82 valence electrons. The molecule has 1 heterocycles. The first-order valence-corrected chi connectivity index (χ1v) is 5.74. The van der Waals surface area contributed by atoms with Gasteiger partial charge < -0.3 is 5.32 Å². The standard InChI is InChI=1S/C8H13N5OS/c1-5(7(14)9-6-3-4-6)15-8-10-11-12-13(8)2/h5-6H,3-4H2,1-2H3,(H,9,14). The van der Waals surface area contributed by atoms with E-state index in [0.717, 1.165) is 12.8 Å². The van der Waals surface area contributed by atoms with Crippen molar-refractivity contribution in [2.45, 2.75) is 36.2 Å². The maximum absolute atomic E-state index is 11.6. The highest BCUT2D eigenvalue weighted by Crippen LogP contribution is 2.22. The predicted molar refractivity (Wildman–Crippen MR) is 55.3 cm³/mol. The van der Waals surface area contributed by atoms with Gasteiger partial charge in [-0.05, 0) is 30.2 Å². The zero-order valence-corrected chi connectivity index (χ0v) is 9.49. The second kappa shape index (κ2) is 4.18. The van der Waals surface area contributed by atoms with Crippen molar-refractivity contribution in [2.75, 3.05) is 0 Å². The van der Waals surface area contributed by atoms with E-state index in [1.165, 1.54) is 11.8 Å². The summed E-state index contributed by atoms with van der Waals surface area (Å²) in [6, 6.07) is 0.401. The number of thioether (sulfide) groups is 1. The summed E-state index contributed by atoms with van der Waals surface area (Å²) < 4.78 is 1.56. The van der Waals surface area contributed by atoms with Gasteiger partial charge in [0.15, 0.2) is 0 Å². The topological polar surface area (TPSA) is 72.7 Å². The molecule has 0 radical (unpaired) electrons. The molecule has 0 aliphatic heterocycles. The molecule has 1 aromatic heterocycles. The van der Waals surface area contributed by atoms with E-state index >= 15 is 0 Å². The third-order valence-corrected chi connectivity index (χ3v) is 3.28. The molecule has 0 saturated heterocycles. The molecule has 1 amide bonds. The molecule has 1 unspecified atom stereocenters. The lowest BCUT2D eigenvalue weighted by atomic mass is 10.4. The second-order valence-electron chi connectivity index (χ2n) is 3.63. The van der Waals surface area contributed by atoms with Crippen molar-refractivity contribution in [1.82, 2.24) is 25.5 Å². The lowest BCUT2D eigenvalue weighted by molar-refractivity contribution is -0.120. The zero-order valence-electron chi connectivity index (χ0n) is 8.67. The van der Waals surface area contributed by atoms with E-state index in [1.54, 1.807) is 11.7 Å². The van der Waals surface area contributed by atoms with E-state index in [1.807, 2.05) is 6.92 Å². The van der Waals surface area contributed by atoms with Gasteiger partial charge in [0.25, 0.3) is 0 Å². The molecule has 1 atom stereocenters. The summed E-state index contributed by atoms with van der Waals surface area (Å²) in [5, 5.41) is 14.5. The van der Waals surface area contributed by atoms with E-state index in [4.69, 9.17) is 0 Å². The first-order chi connectivity index (χ1) is 7.16. The van der Waals surface area contributed by atoms with Gasteiger partial charge in [0.2, 0.25) is 11.1 Å². The van der Waals surface area contributed by atoms with E-state index in [2.05, 4.69) is 20.8 Å². The Kier molecular flexibility index (Phi) is 2.90. The molecule has 0 bridgehead atoms. The first-order valence-electron chi connectivity index (χ1n) is 4.86. The summed E-state index contributed by atoms with van der Waals surface area (Å²) in [6.07, 6.45) is 2.21. The first kappa shape index (κ1) is 10.4. The van der Waals surface area contributed by atoms with Crippen molar-refractivity contribution in [1.29, 1.82) is 0 Å². The summed E-state index contributed by atoms with van der Waals surface area (Å²) in [4.78, 5) is 11.6. The number of nitrogens with zero attached hydrogens (tertiary/aromatic N) is 4. The Morgan fingerprint density at radius 2 is 2.40 bits per heavy atom. The van der Waals surface area contributed by atoms with Crippen LogP contribution < -0.4 is 5.32 Å². The van der Waals surface area contributed by atoms with Crippen LogP contribution >= 0.6 is 11.8 Å². The lowest BCUT2D eigenvalue weighted by Crippen LogP contribution is -2.32. The van der Waals surface area contributed by atoms with Crippen molar-refractivity contribution >= 4 is 17.7 Å². The summed E-state index contributed by atoms with van der Waals surface area (Å²) >= 11 is 1.37. The number of aromatic nitrogens is 4. The number of carbonyl (C=O) groups is 1. The zero-order chi connectivity index (χ0) is 10.8. The predicted octanol–water partition coefficient (Wildman–Crippen LogP) is -0.0307. The number of aryl methyl sites for hydroxylation is 1. The van der Waals surface area contributed by atoms with Gasteiger partial charge in [0.1, 0.15) is 0 Å². The van der Waals surface area contributed by atoms with Crippen LogP contribution in [0.4, 0.5) is 0 Å². The van der Waals surface area contributed by atoms with Crippen molar-refractivity contribution in [3.63, 3.8) is 0 Å². The van der Waals surface area contributed by atoms with Gasteiger partial charge in [-0.25, -0.2) is 4.68 Å². The van der Waals surface area contributed by atoms with Gasteiger partial charge in [-0.1, -0.05) is 11.8 Å². The second-order valence-corrected chi connectivity index (χ2v) is 4.94. The van der Waals surface area contributed by atoms with Gasteiger partial charge in [-0.15, -0.1) is 5.10 Å². The fraction of sp³-hybridized carbons (Fsp3) is 0.750. The van der Waals surface area contributed by atoms with Crippen LogP contribution in [-0.4, -0.2) is 37.4 Å². The van der Waals surface area contributed by atoms with E-state index in [9.17, 15) is 4.79 Å². The van der Waals surface area contributed by atoms with Crippen LogP contribution in [0.1, 0.15) is 19.8 Å². The molecule has 1 fully saturated rings. The highest BCUT2D eigenvalue weighted by atomic mass is 32.2. The molecule has 7 heteroatoms. The fourth-order valence-electron chi connectivity index (χ4n) is 1.08. The summed E-state index contributed by atoms with van der Waals surface area (Å²) in [5.41, 5.74) is 0. The van der Waals surface area contributed by atoms with E-state index in [0.29, 0.717) is 11.2 Å². The van der Waals surface area contributed by atoms with Crippen molar-refractivity contribution < 1.29 is 4.79 Å². The van der Waals surface area contributed by atoms with Gasteiger partial charge in [-0.2, -0.15) is 0 Å². The quantitative estimate of drug-likeness (QED) is 0.731. The molecule has 1 N–H and O–H groups in total. The number of tetrazole rings is 1. The summed E-state index contributed by atoms with van der Waals surface area (Å²) in [6.45, 7) is 1.86. The van der Waals surface area contributed by atoms with Crippen molar-refractivity contribution in [3.05, 3.63) is 0 Å². The van der Waals surface area contributed by atoms with Gasteiger partial charge >= 0.3 is 0 Å². The number of rotatable bonds is 4. The Bertz CT molecular complexity index is 362. The molecule has 1 saturated carbocycles. The molecular formula is C8H13N5OS. The number of hydrogen-bond acceptors (Lipinski definition) is 5. The number of amides is 1. The summed E-state index contributed by atoms with van der Waals surface area (Å²) in [7, 11) is 1.76. The largest absolute Gasteiger partial charge is 0.352 e. The Morgan fingerprint density at radius 3 is 2.93 bits per heavy atom. The van der Waals surface area contributed by atoms with Crippen molar-refractivity contribution in [3.8, 4) is 0 Å².